The highest BCUT2D eigenvalue weighted by Gasteiger charge is 2.15. The number of nitrogens with two attached hydrogens (primary N) is 1. The molecule has 1 aliphatic rings. The van der Waals surface area contributed by atoms with Crippen molar-refractivity contribution in [2.75, 3.05) is 0 Å². The van der Waals surface area contributed by atoms with E-state index in [-0.39, 0.29) is 11.8 Å². The van der Waals surface area contributed by atoms with Gasteiger partial charge in [-0.1, -0.05) is 48.6 Å². The Hall–Kier alpha value is -1.83. The minimum absolute atomic E-state index is 0.277. The fourth-order valence-electron chi connectivity index (χ4n) is 1.79. The molecule has 1 unspecified atom stereocenters. The fraction of sp³-hybridized carbons (Fsp3) is 0.154. The van der Waals surface area contributed by atoms with Gasteiger partial charge in [-0.25, -0.2) is 0 Å². The van der Waals surface area contributed by atoms with E-state index in [1.165, 1.54) is 5.56 Å². The number of hydrogen-bond donors (Lipinski definition) is 1. The summed E-state index contributed by atoms with van der Waals surface area (Å²) in [6, 6.07) is 10.1. The highest BCUT2D eigenvalue weighted by atomic mass is 16.1. The molecule has 2 rings (SSSR count). The van der Waals surface area contributed by atoms with Gasteiger partial charge in [-0.3, -0.25) is 4.79 Å². The van der Waals surface area contributed by atoms with Crippen LogP contribution in [0.2, 0.25) is 0 Å². The van der Waals surface area contributed by atoms with E-state index in [2.05, 4.69) is 18.2 Å². The molecule has 0 aromatic heterocycles. The molecule has 0 heterocycles. The van der Waals surface area contributed by atoms with Crippen LogP contribution in [0.4, 0.5) is 0 Å². The van der Waals surface area contributed by atoms with Crippen LogP contribution in [-0.4, -0.2) is 5.91 Å². The van der Waals surface area contributed by atoms with Crippen molar-refractivity contribution in [1.82, 2.24) is 0 Å². The normalized spacial score (nSPS) is 19.7. The SMILES string of the molecule is NC(=O)C1=CC=CC(c2ccccc2)C1. The molecular formula is C13H13NO. The molecule has 0 fully saturated rings. The van der Waals surface area contributed by atoms with E-state index in [9.17, 15) is 4.79 Å². The fourth-order valence-corrected chi connectivity index (χ4v) is 1.79. The van der Waals surface area contributed by atoms with Gasteiger partial charge in [-0.05, 0) is 12.0 Å². The van der Waals surface area contributed by atoms with Crippen LogP contribution in [0.15, 0.2) is 54.1 Å². The van der Waals surface area contributed by atoms with Crippen LogP contribution in [0, 0.1) is 0 Å². The number of rotatable bonds is 2. The molecule has 15 heavy (non-hydrogen) atoms. The van der Waals surface area contributed by atoms with Crippen molar-refractivity contribution in [3.63, 3.8) is 0 Å². The molecule has 1 amide bonds. The summed E-state index contributed by atoms with van der Waals surface area (Å²) >= 11 is 0. The standard InChI is InChI=1S/C13H13NO/c14-13(15)12-8-4-7-11(9-12)10-5-2-1-3-6-10/h1-8,11H,9H2,(H2,14,15). The first-order chi connectivity index (χ1) is 7.27. The molecule has 1 aromatic carbocycles. The van der Waals surface area contributed by atoms with Crippen molar-refractivity contribution in [3.8, 4) is 0 Å². The predicted octanol–water partition coefficient (Wildman–Crippen LogP) is 2.14. The summed E-state index contributed by atoms with van der Waals surface area (Å²) in [6.07, 6.45) is 6.50. The number of carbonyl (C=O) groups is 1. The first-order valence-corrected chi connectivity index (χ1v) is 4.99. The van der Waals surface area contributed by atoms with E-state index in [0.29, 0.717) is 12.0 Å². The number of amides is 1. The lowest BCUT2D eigenvalue weighted by atomic mass is 9.88. The van der Waals surface area contributed by atoms with E-state index in [0.717, 1.165) is 0 Å². The molecule has 1 aromatic rings. The van der Waals surface area contributed by atoms with Crippen molar-refractivity contribution < 1.29 is 4.79 Å². The summed E-state index contributed by atoms with van der Waals surface area (Å²) in [4.78, 5) is 11.1. The molecule has 0 bridgehead atoms. The van der Waals surface area contributed by atoms with Gasteiger partial charge in [0.1, 0.15) is 0 Å². The van der Waals surface area contributed by atoms with Crippen molar-refractivity contribution in [3.05, 3.63) is 59.7 Å². The van der Waals surface area contributed by atoms with Crippen LogP contribution in [0.5, 0.6) is 0 Å². The summed E-state index contributed by atoms with van der Waals surface area (Å²) in [5, 5.41) is 0. The lowest BCUT2D eigenvalue weighted by molar-refractivity contribution is -0.114. The van der Waals surface area contributed by atoms with Crippen molar-refractivity contribution in [1.29, 1.82) is 0 Å². The molecule has 0 saturated carbocycles. The lowest BCUT2D eigenvalue weighted by Crippen LogP contribution is -2.17. The molecule has 76 valence electrons. The van der Waals surface area contributed by atoms with Crippen molar-refractivity contribution in [2.24, 2.45) is 5.73 Å². The van der Waals surface area contributed by atoms with Crippen LogP contribution in [0.25, 0.3) is 0 Å². The molecule has 1 atom stereocenters. The maximum atomic E-state index is 11.1. The Morgan fingerprint density at radius 3 is 2.67 bits per heavy atom. The summed E-state index contributed by atoms with van der Waals surface area (Å²) < 4.78 is 0. The van der Waals surface area contributed by atoms with Crippen LogP contribution in [0.1, 0.15) is 17.9 Å². The second kappa shape index (κ2) is 4.13. The average Bonchev–Trinajstić information content (AvgIpc) is 2.30. The van der Waals surface area contributed by atoms with E-state index < -0.39 is 0 Å². The molecule has 2 N–H and O–H groups in total. The Morgan fingerprint density at radius 2 is 2.00 bits per heavy atom. The highest BCUT2D eigenvalue weighted by molar-refractivity contribution is 5.92. The van der Waals surface area contributed by atoms with Crippen molar-refractivity contribution in [2.45, 2.75) is 12.3 Å². The first-order valence-electron chi connectivity index (χ1n) is 4.99. The number of benzene rings is 1. The third-order valence-corrected chi connectivity index (χ3v) is 2.62. The largest absolute Gasteiger partial charge is 0.366 e. The molecule has 2 heteroatoms. The van der Waals surface area contributed by atoms with E-state index in [1.807, 2.05) is 24.3 Å². The van der Waals surface area contributed by atoms with Crippen molar-refractivity contribution >= 4 is 5.91 Å². The topological polar surface area (TPSA) is 43.1 Å². The van der Waals surface area contributed by atoms with Crippen LogP contribution < -0.4 is 5.73 Å². The Balaban J connectivity index is 2.19. The Labute approximate surface area is 89.1 Å². The second-order valence-corrected chi connectivity index (χ2v) is 3.66. The zero-order valence-corrected chi connectivity index (χ0v) is 8.39. The minimum atomic E-state index is -0.319. The summed E-state index contributed by atoms with van der Waals surface area (Å²) in [5.41, 5.74) is 7.19. The van der Waals surface area contributed by atoms with Gasteiger partial charge in [0.25, 0.3) is 0 Å². The van der Waals surface area contributed by atoms with E-state index in [1.54, 1.807) is 6.08 Å². The number of carbonyl (C=O) groups excluding carboxylic acids is 1. The smallest absolute Gasteiger partial charge is 0.244 e. The first kappa shape index (κ1) is 9.71. The lowest BCUT2D eigenvalue weighted by Gasteiger charge is -2.16. The predicted molar refractivity (Wildman–Crippen MR) is 60.2 cm³/mol. The quantitative estimate of drug-likeness (QED) is 0.779. The van der Waals surface area contributed by atoms with Gasteiger partial charge in [0.2, 0.25) is 5.91 Å². The molecule has 0 saturated heterocycles. The minimum Gasteiger partial charge on any atom is -0.366 e. The zero-order chi connectivity index (χ0) is 10.7. The Kier molecular flexibility index (Phi) is 2.68. The van der Waals surface area contributed by atoms with Gasteiger partial charge < -0.3 is 5.73 Å². The van der Waals surface area contributed by atoms with Gasteiger partial charge in [-0.15, -0.1) is 0 Å². The maximum Gasteiger partial charge on any atom is 0.244 e. The molecule has 0 radical (unpaired) electrons. The van der Waals surface area contributed by atoms with Crippen LogP contribution >= 0.6 is 0 Å². The second-order valence-electron chi connectivity index (χ2n) is 3.66. The molecule has 1 aliphatic carbocycles. The Morgan fingerprint density at radius 1 is 1.27 bits per heavy atom. The van der Waals surface area contributed by atoms with Gasteiger partial charge in [0.15, 0.2) is 0 Å². The summed E-state index contributed by atoms with van der Waals surface area (Å²) in [6.45, 7) is 0. The third kappa shape index (κ3) is 2.15. The number of hydrogen-bond acceptors (Lipinski definition) is 1. The highest BCUT2D eigenvalue weighted by Crippen LogP contribution is 2.27. The Bertz CT molecular complexity index is 417. The summed E-state index contributed by atoms with van der Waals surface area (Å²) in [7, 11) is 0. The van der Waals surface area contributed by atoms with Gasteiger partial charge >= 0.3 is 0 Å². The summed E-state index contributed by atoms with van der Waals surface area (Å²) in [5.74, 6) is -0.0426. The third-order valence-electron chi connectivity index (χ3n) is 2.62. The zero-order valence-electron chi connectivity index (χ0n) is 8.39. The number of primary amides is 1. The van der Waals surface area contributed by atoms with E-state index in [4.69, 9.17) is 5.73 Å². The van der Waals surface area contributed by atoms with E-state index >= 15 is 0 Å². The molecule has 2 nitrogen and oxygen atoms in total. The molecule has 0 aliphatic heterocycles. The van der Waals surface area contributed by atoms with Crippen LogP contribution in [-0.2, 0) is 4.79 Å². The average molecular weight is 199 g/mol. The maximum absolute atomic E-state index is 11.1. The monoisotopic (exact) mass is 199 g/mol. The number of allylic oxidation sites excluding steroid dienone is 3. The van der Waals surface area contributed by atoms with Gasteiger partial charge in [-0.2, -0.15) is 0 Å². The molecule has 0 spiro atoms. The van der Waals surface area contributed by atoms with Crippen LogP contribution in [0.3, 0.4) is 0 Å². The molecular weight excluding hydrogens is 186 g/mol. The van der Waals surface area contributed by atoms with Gasteiger partial charge in [0.05, 0.1) is 0 Å². The van der Waals surface area contributed by atoms with Gasteiger partial charge in [0, 0.05) is 11.5 Å².